The van der Waals surface area contributed by atoms with Gasteiger partial charge in [-0.2, -0.15) is 0 Å². The molecule has 1 aromatic carbocycles. The molecule has 4 heteroatoms. The molecule has 1 heterocycles. The number of aliphatic hydroxyl groups is 1. The molecule has 22 heavy (non-hydrogen) atoms. The van der Waals surface area contributed by atoms with Gasteiger partial charge in [0.1, 0.15) is 0 Å². The number of benzene rings is 1. The molecule has 0 aliphatic heterocycles. The van der Waals surface area contributed by atoms with E-state index in [0.29, 0.717) is 19.5 Å². The van der Waals surface area contributed by atoms with Gasteiger partial charge in [-0.15, -0.1) is 0 Å². The number of hydrogen-bond acceptors (Lipinski definition) is 2. The molecule has 0 atom stereocenters. The van der Waals surface area contributed by atoms with Gasteiger partial charge in [0.25, 0.3) is 0 Å². The SMILES string of the molecule is CCN(CC(C)(C)O)C(=O)CCc1cn(C)c2ccccc12. The van der Waals surface area contributed by atoms with Gasteiger partial charge in [0.2, 0.25) is 5.91 Å². The molecule has 0 spiro atoms. The Morgan fingerprint density at radius 2 is 2.00 bits per heavy atom. The topological polar surface area (TPSA) is 45.5 Å². The minimum Gasteiger partial charge on any atom is -0.389 e. The molecule has 1 amide bonds. The smallest absolute Gasteiger partial charge is 0.222 e. The lowest BCUT2D eigenvalue weighted by Crippen LogP contribution is -2.42. The monoisotopic (exact) mass is 302 g/mol. The first-order valence-electron chi connectivity index (χ1n) is 7.85. The molecular weight excluding hydrogens is 276 g/mol. The summed E-state index contributed by atoms with van der Waals surface area (Å²) >= 11 is 0. The minimum atomic E-state index is -0.856. The molecule has 0 aliphatic carbocycles. The molecule has 2 rings (SSSR count). The van der Waals surface area contributed by atoms with Crippen molar-refractivity contribution < 1.29 is 9.90 Å². The largest absolute Gasteiger partial charge is 0.389 e. The van der Waals surface area contributed by atoms with Crippen LogP contribution >= 0.6 is 0 Å². The number of aryl methyl sites for hydroxylation is 2. The van der Waals surface area contributed by atoms with Crippen LogP contribution in [-0.4, -0.2) is 39.2 Å². The molecule has 1 aromatic heterocycles. The van der Waals surface area contributed by atoms with Crippen molar-refractivity contribution in [1.82, 2.24) is 9.47 Å². The van der Waals surface area contributed by atoms with Crippen molar-refractivity contribution >= 4 is 16.8 Å². The summed E-state index contributed by atoms with van der Waals surface area (Å²) in [5.41, 5.74) is 1.53. The van der Waals surface area contributed by atoms with E-state index in [1.807, 2.05) is 26.1 Å². The zero-order chi connectivity index (χ0) is 16.3. The Bertz CT molecular complexity index is 653. The zero-order valence-corrected chi connectivity index (χ0v) is 14.0. The number of rotatable bonds is 6. The second-order valence-electron chi connectivity index (χ2n) is 6.50. The van der Waals surface area contributed by atoms with Crippen molar-refractivity contribution in [2.45, 2.75) is 39.2 Å². The van der Waals surface area contributed by atoms with Crippen molar-refractivity contribution in [3.8, 4) is 0 Å². The first-order chi connectivity index (χ1) is 10.3. The second-order valence-corrected chi connectivity index (χ2v) is 6.50. The zero-order valence-electron chi connectivity index (χ0n) is 14.0. The predicted molar refractivity (Wildman–Crippen MR) is 89.8 cm³/mol. The molecule has 2 aromatic rings. The summed E-state index contributed by atoms with van der Waals surface area (Å²) in [6, 6.07) is 8.25. The highest BCUT2D eigenvalue weighted by molar-refractivity contribution is 5.85. The summed E-state index contributed by atoms with van der Waals surface area (Å²) in [5, 5.41) is 11.1. The molecule has 1 N–H and O–H groups in total. The van der Waals surface area contributed by atoms with Crippen molar-refractivity contribution in [3.63, 3.8) is 0 Å². The number of nitrogens with zero attached hydrogens (tertiary/aromatic N) is 2. The molecule has 4 nitrogen and oxygen atoms in total. The number of aromatic nitrogens is 1. The first kappa shape index (κ1) is 16.6. The van der Waals surface area contributed by atoms with E-state index >= 15 is 0 Å². The van der Waals surface area contributed by atoms with Gasteiger partial charge < -0.3 is 14.6 Å². The van der Waals surface area contributed by atoms with Crippen LogP contribution in [0.2, 0.25) is 0 Å². The summed E-state index contributed by atoms with van der Waals surface area (Å²) < 4.78 is 2.10. The van der Waals surface area contributed by atoms with Gasteiger partial charge in [-0.3, -0.25) is 4.79 Å². The molecule has 0 unspecified atom stereocenters. The van der Waals surface area contributed by atoms with Crippen LogP contribution in [0.15, 0.2) is 30.5 Å². The number of likely N-dealkylation sites (N-methyl/N-ethyl adjacent to an activating group) is 1. The maximum Gasteiger partial charge on any atom is 0.222 e. The van der Waals surface area contributed by atoms with Gasteiger partial charge in [-0.05, 0) is 38.8 Å². The first-order valence-corrected chi connectivity index (χ1v) is 7.85. The fourth-order valence-electron chi connectivity index (χ4n) is 2.87. The highest BCUT2D eigenvalue weighted by Gasteiger charge is 2.21. The highest BCUT2D eigenvalue weighted by Crippen LogP contribution is 2.21. The summed E-state index contributed by atoms with van der Waals surface area (Å²) in [7, 11) is 2.03. The van der Waals surface area contributed by atoms with Crippen LogP contribution in [0.1, 0.15) is 32.8 Å². The van der Waals surface area contributed by atoms with Gasteiger partial charge in [-0.1, -0.05) is 18.2 Å². The molecule has 120 valence electrons. The van der Waals surface area contributed by atoms with Crippen LogP contribution in [0.5, 0.6) is 0 Å². The number of hydrogen-bond donors (Lipinski definition) is 1. The number of amides is 1. The third-order valence-electron chi connectivity index (χ3n) is 3.90. The van der Waals surface area contributed by atoms with E-state index in [2.05, 4.69) is 22.9 Å². The molecule has 0 radical (unpaired) electrons. The molecule has 0 saturated heterocycles. The number of carbonyl (C=O) groups is 1. The van der Waals surface area contributed by atoms with Crippen LogP contribution in [0.3, 0.4) is 0 Å². The van der Waals surface area contributed by atoms with E-state index in [1.165, 1.54) is 16.5 Å². The second kappa shape index (κ2) is 6.53. The van der Waals surface area contributed by atoms with Gasteiger partial charge in [-0.25, -0.2) is 0 Å². The van der Waals surface area contributed by atoms with Crippen molar-refractivity contribution in [1.29, 1.82) is 0 Å². The van der Waals surface area contributed by atoms with Crippen LogP contribution < -0.4 is 0 Å². The van der Waals surface area contributed by atoms with E-state index in [9.17, 15) is 9.90 Å². The Morgan fingerprint density at radius 1 is 1.32 bits per heavy atom. The Kier molecular flexibility index (Phi) is 4.91. The fourth-order valence-corrected chi connectivity index (χ4v) is 2.87. The van der Waals surface area contributed by atoms with Crippen LogP contribution in [0, 0.1) is 0 Å². The maximum absolute atomic E-state index is 12.4. The summed E-state index contributed by atoms with van der Waals surface area (Å²) in [6.07, 6.45) is 3.30. The van der Waals surface area contributed by atoms with E-state index in [4.69, 9.17) is 0 Å². The van der Waals surface area contributed by atoms with Crippen molar-refractivity contribution in [3.05, 3.63) is 36.0 Å². The van der Waals surface area contributed by atoms with Gasteiger partial charge >= 0.3 is 0 Å². The Hall–Kier alpha value is -1.81. The third-order valence-corrected chi connectivity index (χ3v) is 3.90. The summed E-state index contributed by atoms with van der Waals surface area (Å²) in [4.78, 5) is 14.1. The van der Waals surface area contributed by atoms with Gasteiger partial charge in [0.15, 0.2) is 0 Å². The minimum absolute atomic E-state index is 0.0950. The summed E-state index contributed by atoms with van der Waals surface area (Å²) in [5.74, 6) is 0.0950. The lowest BCUT2D eigenvalue weighted by atomic mass is 10.1. The highest BCUT2D eigenvalue weighted by atomic mass is 16.3. The normalized spacial score (nSPS) is 11.9. The molecule has 0 bridgehead atoms. The number of para-hydroxylation sites is 1. The lowest BCUT2D eigenvalue weighted by molar-refractivity contribution is -0.133. The van der Waals surface area contributed by atoms with Crippen LogP contribution in [-0.2, 0) is 18.3 Å². The van der Waals surface area contributed by atoms with E-state index in [0.717, 1.165) is 6.42 Å². The molecular formula is C18H26N2O2. The quantitative estimate of drug-likeness (QED) is 0.892. The Morgan fingerprint density at radius 3 is 2.64 bits per heavy atom. The van der Waals surface area contributed by atoms with E-state index in [1.54, 1.807) is 18.7 Å². The van der Waals surface area contributed by atoms with E-state index < -0.39 is 5.60 Å². The Labute approximate surface area is 132 Å². The maximum atomic E-state index is 12.4. The standard InChI is InChI=1S/C18H26N2O2/c1-5-20(13-18(2,3)22)17(21)11-10-14-12-19(4)16-9-7-6-8-15(14)16/h6-9,12,22H,5,10-11,13H2,1-4H3. The molecule has 0 aliphatic rings. The average Bonchev–Trinajstić information content (AvgIpc) is 2.78. The van der Waals surface area contributed by atoms with Gasteiger partial charge in [0.05, 0.1) is 5.60 Å². The lowest BCUT2D eigenvalue weighted by Gasteiger charge is -2.28. The average molecular weight is 302 g/mol. The van der Waals surface area contributed by atoms with Crippen LogP contribution in [0.4, 0.5) is 0 Å². The van der Waals surface area contributed by atoms with E-state index in [-0.39, 0.29) is 5.91 Å². The summed E-state index contributed by atoms with van der Waals surface area (Å²) in [6.45, 7) is 6.40. The fraction of sp³-hybridized carbons (Fsp3) is 0.500. The molecule has 0 fully saturated rings. The number of fused-ring (bicyclic) bond motifs is 1. The third kappa shape index (κ3) is 3.89. The van der Waals surface area contributed by atoms with Gasteiger partial charge in [0, 0.05) is 43.7 Å². The number of carbonyl (C=O) groups excluding carboxylic acids is 1. The Balaban J connectivity index is 2.06. The van der Waals surface area contributed by atoms with Crippen molar-refractivity contribution in [2.24, 2.45) is 7.05 Å². The predicted octanol–water partition coefficient (Wildman–Crippen LogP) is 2.73. The van der Waals surface area contributed by atoms with Crippen molar-refractivity contribution in [2.75, 3.05) is 13.1 Å². The van der Waals surface area contributed by atoms with Crippen LogP contribution in [0.25, 0.3) is 10.9 Å². The molecule has 0 saturated carbocycles.